The van der Waals surface area contributed by atoms with Gasteiger partial charge in [-0.05, 0) is 29.8 Å². The number of ketones is 1. The third kappa shape index (κ3) is 4.44. The van der Waals surface area contributed by atoms with Crippen molar-refractivity contribution in [2.45, 2.75) is 12.3 Å². The highest BCUT2D eigenvalue weighted by Crippen LogP contribution is 2.30. The van der Waals surface area contributed by atoms with Crippen LogP contribution in [0.5, 0.6) is 5.75 Å². The number of aliphatic carboxylic acids is 2. The Morgan fingerprint density at radius 3 is 1.96 bits per heavy atom. The first kappa shape index (κ1) is 18.2. The molecule has 0 spiro atoms. The van der Waals surface area contributed by atoms with Crippen LogP contribution in [0.1, 0.15) is 28.3 Å². The molecule has 0 amide bonds. The lowest BCUT2D eigenvalue weighted by Crippen LogP contribution is -2.31. The number of rotatable bonds is 8. The number of ether oxygens (including phenoxy) is 1. The normalized spacial score (nSPS) is 11.8. The van der Waals surface area contributed by atoms with Crippen LogP contribution in [0.3, 0.4) is 0 Å². The minimum atomic E-state index is -1.70. The van der Waals surface area contributed by atoms with E-state index < -0.39 is 23.8 Å². The van der Waals surface area contributed by atoms with Gasteiger partial charge in [-0.1, -0.05) is 30.3 Å². The van der Waals surface area contributed by atoms with E-state index >= 15 is 0 Å². The third-order valence-electron chi connectivity index (χ3n) is 3.98. The van der Waals surface area contributed by atoms with Crippen LogP contribution in [0, 0.1) is 5.92 Å². The molecule has 0 radical (unpaired) electrons. The lowest BCUT2D eigenvalue weighted by molar-refractivity contribution is -0.155. The number of carboxylic acid groups (broad SMARTS) is 2. The maximum absolute atomic E-state index is 12.6. The fourth-order valence-electron chi connectivity index (χ4n) is 2.67. The summed E-state index contributed by atoms with van der Waals surface area (Å²) in [6, 6.07) is 14.7. The molecule has 2 aromatic carbocycles. The molecule has 2 N–H and O–H groups in total. The molecule has 0 aromatic heterocycles. The van der Waals surface area contributed by atoms with E-state index in [4.69, 9.17) is 4.74 Å². The third-order valence-corrected chi connectivity index (χ3v) is 3.98. The van der Waals surface area contributed by atoms with Crippen molar-refractivity contribution in [2.24, 2.45) is 5.92 Å². The van der Waals surface area contributed by atoms with Crippen LogP contribution in [0.2, 0.25) is 0 Å². The Hall–Kier alpha value is -3.15. The molecule has 0 saturated heterocycles. The molecule has 1 unspecified atom stereocenters. The fraction of sp³-hybridized carbons (Fsp3) is 0.211. The molecular weight excluding hydrogens is 324 g/mol. The second kappa shape index (κ2) is 8.10. The zero-order valence-electron chi connectivity index (χ0n) is 13.6. The predicted molar refractivity (Wildman–Crippen MR) is 89.9 cm³/mol. The molecule has 0 bridgehead atoms. The van der Waals surface area contributed by atoms with Gasteiger partial charge in [0.05, 0.1) is 7.11 Å². The van der Waals surface area contributed by atoms with E-state index in [2.05, 4.69) is 0 Å². The van der Waals surface area contributed by atoms with Gasteiger partial charge in [0, 0.05) is 17.9 Å². The molecular formula is C19H18O6. The van der Waals surface area contributed by atoms with E-state index in [1.165, 1.54) is 7.11 Å². The zero-order chi connectivity index (χ0) is 18.4. The van der Waals surface area contributed by atoms with Crippen LogP contribution < -0.4 is 4.74 Å². The molecule has 0 saturated carbocycles. The molecule has 0 aliphatic carbocycles. The van der Waals surface area contributed by atoms with Gasteiger partial charge in [0.25, 0.3) is 0 Å². The highest BCUT2D eigenvalue weighted by atomic mass is 16.5. The summed E-state index contributed by atoms with van der Waals surface area (Å²) >= 11 is 0. The maximum Gasteiger partial charge on any atom is 0.318 e. The molecule has 2 aromatic rings. The van der Waals surface area contributed by atoms with Crippen LogP contribution in [0.4, 0.5) is 0 Å². The van der Waals surface area contributed by atoms with Crippen LogP contribution in [0.15, 0.2) is 54.6 Å². The number of carboxylic acids is 2. The molecule has 0 aliphatic rings. The number of benzene rings is 2. The fourth-order valence-corrected chi connectivity index (χ4v) is 2.67. The summed E-state index contributed by atoms with van der Waals surface area (Å²) in [5, 5.41) is 18.6. The van der Waals surface area contributed by atoms with E-state index in [1.54, 1.807) is 54.6 Å². The van der Waals surface area contributed by atoms with E-state index in [0.717, 1.165) is 0 Å². The zero-order valence-corrected chi connectivity index (χ0v) is 13.6. The van der Waals surface area contributed by atoms with E-state index in [9.17, 15) is 24.6 Å². The predicted octanol–water partition coefficient (Wildman–Crippen LogP) is 2.84. The molecule has 130 valence electrons. The second-order valence-electron chi connectivity index (χ2n) is 5.53. The van der Waals surface area contributed by atoms with Gasteiger partial charge in [-0.2, -0.15) is 0 Å². The van der Waals surface area contributed by atoms with Crippen molar-refractivity contribution in [2.75, 3.05) is 7.11 Å². The Bertz CT molecular complexity index is 737. The van der Waals surface area contributed by atoms with Crippen molar-refractivity contribution in [1.29, 1.82) is 0 Å². The number of Topliss-reactive ketones (excluding diaryl/α,β-unsaturated/α-hetero) is 1. The molecule has 6 nitrogen and oxygen atoms in total. The lowest BCUT2D eigenvalue weighted by atomic mass is 9.81. The Labute approximate surface area is 144 Å². The van der Waals surface area contributed by atoms with Crippen LogP contribution >= 0.6 is 0 Å². The molecule has 6 heteroatoms. The van der Waals surface area contributed by atoms with Gasteiger partial charge < -0.3 is 14.9 Å². The first-order chi connectivity index (χ1) is 11.9. The maximum atomic E-state index is 12.6. The average Bonchev–Trinajstić information content (AvgIpc) is 2.61. The smallest absolute Gasteiger partial charge is 0.318 e. The van der Waals surface area contributed by atoms with Crippen LogP contribution in [-0.2, 0) is 9.59 Å². The minimum Gasteiger partial charge on any atom is -0.497 e. The van der Waals surface area contributed by atoms with Crippen molar-refractivity contribution in [3.05, 3.63) is 65.7 Å². The summed E-state index contributed by atoms with van der Waals surface area (Å²) in [6.45, 7) is 0. The standard InChI is InChI=1S/C19H18O6/c1-25-14-9-7-13(8-10-14)16(20)11-15(12-5-3-2-4-6-12)17(18(21)22)19(23)24/h2-10,15,17H,11H2,1H3,(H,21,22)(H,23,24). The van der Waals surface area contributed by atoms with Gasteiger partial charge >= 0.3 is 11.9 Å². The quantitative estimate of drug-likeness (QED) is 0.565. The SMILES string of the molecule is COc1ccc(C(=O)CC(c2ccccc2)C(C(=O)O)C(=O)O)cc1. The van der Waals surface area contributed by atoms with E-state index in [0.29, 0.717) is 16.9 Å². The van der Waals surface area contributed by atoms with Gasteiger partial charge in [-0.15, -0.1) is 0 Å². The highest BCUT2D eigenvalue weighted by molar-refractivity contribution is 5.99. The Morgan fingerprint density at radius 1 is 0.920 bits per heavy atom. The summed E-state index contributed by atoms with van der Waals surface area (Å²) < 4.78 is 5.03. The van der Waals surface area contributed by atoms with E-state index in [-0.39, 0.29) is 12.2 Å². The van der Waals surface area contributed by atoms with Crippen LogP contribution in [0.25, 0.3) is 0 Å². The van der Waals surface area contributed by atoms with Gasteiger partial charge in [0.2, 0.25) is 0 Å². The van der Waals surface area contributed by atoms with Crippen molar-refractivity contribution in [3.8, 4) is 5.75 Å². The molecule has 1 atom stereocenters. The van der Waals surface area contributed by atoms with Gasteiger partial charge in [-0.3, -0.25) is 14.4 Å². The van der Waals surface area contributed by atoms with Crippen molar-refractivity contribution < 1.29 is 29.3 Å². The topological polar surface area (TPSA) is 101 Å². The number of hydrogen-bond donors (Lipinski definition) is 2. The highest BCUT2D eigenvalue weighted by Gasteiger charge is 2.37. The second-order valence-corrected chi connectivity index (χ2v) is 5.53. The number of carbonyl (C=O) groups excluding carboxylic acids is 1. The Kier molecular flexibility index (Phi) is 5.89. The molecule has 2 rings (SSSR count). The van der Waals surface area contributed by atoms with Gasteiger partial charge in [0.1, 0.15) is 5.75 Å². The van der Waals surface area contributed by atoms with Gasteiger partial charge in [0.15, 0.2) is 11.7 Å². The number of hydrogen-bond acceptors (Lipinski definition) is 4. The summed E-state index contributed by atoms with van der Waals surface area (Å²) in [6.07, 6.45) is -0.223. The van der Waals surface area contributed by atoms with Crippen LogP contribution in [-0.4, -0.2) is 35.0 Å². The van der Waals surface area contributed by atoms with Crippen molar-refractivity contribution in [1.82, 2.24) is 0 Å². The summed E-state index contributed by atoms with van der Waals surface area (Å²) in [7, 11) is 1.51. The first-order valence-corrected chi connectivity index (χ1v) is 7.62. The Balaban J connectivity index is 2.33. The molecule has 0 aliphatic heterocycles. The number of methoxy groups -OCH3 is 1. The summed E-state index contributed by atoms with van der Waals surface area (Å²) in [5.41, 5.74) is 0.871. The van der Waals surface area contributed by atoms with E-state index in [1.807, 2.05) is 0 Å². The lowest BCUT2D eigenvalue weighted by Gasteiger charge is -2.21. The average molecular weight is 342 g/mol. The summed E-state index contributed by atoms with van der Waals surface area (Å²) in [5.74, 6) is -5.35. The Morgan fingerprint density at radius 2 is 1.48 bits per heavy atom. The monoisotopic (exact) mass is 342 g/mol. The van der Waals surface area contributed by atoms with Gasteiger partial charge in [-0.25, -0.2) is 0 Å². The number of carbonyl (C=O) groups is 3. The molecule has 0 fully saturated rings. The first-order valence-electron chi connectivity index (χ1n) is 7.62. The molecule has 25 heavy (non-hydrogen) atoms. The summed E-state index contributed by atoms with van der Waals surface area (Å²) in [4.78, 5) is 35.4. The molecule has 0 heterocycles. The van der Waals surface area contributed by atoms with Crippen molar-refractivity contribution >= 4 is 17.7 Å². The minimum absolute atomic E-state index is 0.223. The largest absolute Gasteiger partial charge is 0.497 e. The van der Waals surface area contributed by atoms with Crippen molar-refractivity contribution in [3.63, 3.8) is 0 Å².